The molecule has 1 aliphatic heterocycles. The number of nitrogens with one attached hydrogen (secondary N) is 11. The lowest BCUT2D eigenvalue weighted by Crippen LogP contribution is -2.61. The Kier molecular flexibility index (Phi) is 28.2. The summed E-state index contributed by atoms with van der Waals surface area (Å²) >= 11 is 1.24. The van der Waals surface area contributed by atoms with Crippen LogP contribution in [0.5, 0.6) is 5.75 Å². The van der Waals surface area contributed by atoms with Crippen LogP contribution >= 0.6 is 11.8 Å². The Morgan fingerprint density at radius 3 is 1.70 bits per heavy atom. The van der Waals surface area contributed by atoms with Gasteiger partial charge in [-0.3, -0.25) is 71.7 Å². The van der Waals surface area contributed by atoms with E-state index >= 15 is 0 Å². The highest BCUT2D eigenvalue weighted by Crippen LogP contribution is 2.20. The molecule has 34 nitrogen and oxygen atoms in total. The Bertz CT molecular complexity index is 3560. The van der Waals surface area contributed by atoms with Crippen molar-refractivity contribution in [3.8, 4) is 5.75 Å². The predicted molar refractivity (Wildman–Crippen MR) is 331 cm³/mol. The van der Waals surface area contributed by atoms with E-state index in [-0.39, 0.29) is 49.2 Å². The summed E-state index contributed by atoms with van der Waals surface area (Å²) in [5.41, 5.74) is 12.7. The second kappa shape index (κ2) is 35.6. The molecule has 0 spiro atoms. The van der Waals surface area contributed by atoms with E-state index < -0.39 is 192 Å². The van der Waals surface area contributed by atoms with Crippen LogP contribution < -0.4 is 64.6 Å². The molecule has 1 aliphatic rings. The molecule has 0 radical (unpaired) electrons. The van der Waals surface area contributed by atoms with E-state index in [1.54, 1.807) is 60.9 Å². The number of carbonyl (C=O) groups is 14. The normalized spacial score (nSPS) is 15.6. The summed E-state index contributed by atoms with van der Waals surface area (Å²) in [6, 6.07) is 4.77. The molecule has 4 aromatic rings. The number of hydrogen-bond donors (Lipinski definition) is 17. The Morgan fingerprint density at radius 2 is 1.14 bits per heavy atom. The third-order valence-electron chi connectivity index (χ3n) is 14.3. The number of para-hydroxylation sites is 1. The van der Waals surface area contributed by atoms with Crippen molar-refractivity contribution in [2.24, 2.45) is 11.5 Å². The first-order chi connectivity index (χ1) is 44.4. The van der Waals surface area contributed by atoms with Gasteiger partial charge in [-0.05, 0) is 73.1 Å². The molecule has 1 fully saturated rings. The third kappa shape index (κ3) is 24.4. The smallest absolute Gasteiger partial charge is 0.397 e. The number of primary amides is 2. The van der Waals surface area contributed by atoms with Crippen LogP contribution in [-0.2, 0) is 101 Å². The summed E-state index contributed by atoms with van der Waals surface area (Å²) in [5.74, 6) is -16.2. The number of fused-ring (bicyclic) bond motifs is 1. The molecule has 0 bridgehead atoms. The standard InChI is InChI=1S/C58H73N13O21S2/c1-29(92-94(89,90)91)49(71-57(87)40(23-31-12-14-33(72)15-13-31)68-56(86)43(26-48(78)79)69-52(82)37(16-18-44(59)73)65-51(81)36-17-19-45(74)63-36)58(88)62-28-46(75)64-41(24-32-27-61-35-11-7-6-10-34(32)35)54(84)66-38(20-21-93-2)53(83)70-42(25-47(76)77)55(85)67-39(50(60)80)22-30-8-4-3-5-9-30/h3-15,27,29,36-43,49,61,72H,16-26,28H2,1-2H3,(H2,59,73)(H2,60,80)(H,62,88)(H,63,74)(H,64,75)(H,65,81)(H,66,84)(H,67,85)(H,68,86)(H,69,82)(H,70,83)(H,71,87)(H,76,77)(H,78,79)(H,89,90,91)/t29-,36+,37+,38+,39+,40+,41+,42+,43+,49+/m1/s1. The summed E-state index contributed by atoms with van der Waals surface area (Å²) in [5, 5.41) is 53.4. The number of carbonyl (C=O) groups excluding carboxylic acids is 12. The molecule has 94 heavy (non-hydrogen) atoms. The lowest BCUT2D eigenvalue weighted by molar-refractivity contribution is -0.142. The van der Waals surface area contributed by atoms with Crippen molar-refractivity contribution in [2.45, 2.75) is 132 Å². The summed E-state index contributed by atoms with van der Waals surface area (Å²) in [7, 11) is -5.46. The number of benzene rings is 3. The van der Waals surface area contributed by atoms with Crippen molar-refractivity contribution in [1.29, 1.82) is 0 Å². The van der Waals surface area contributed by atoms with Gasteiger partial charge >= 0.3 is 22.3 Å². The van der Waals surface area contributed by atoms with Crippen molar-refractivity contribution in [3.05, 3.63) is 102 Å². The zero-order valence-corrected chi connectivity index (χ0v) is 52.2. The molecule has 10 atom stereocenters. The first-order valence-electron chi connectivity index (χ1n) is 28.9. The van der Waals surface area contributed by atoms with E-state index in [0.717, 1.165) is 6.92 Å². The van der Waals surface area contributed by atoms with E-state index in [1.165, 1.54) is 42.2 Å². The highest BCUT2D eigenvalue weighted by molar-refractivity contribution is 7.98. The maximum absolute atomic E-state index is 14.5. The first kappa shape index (κ1) is 74.5. The van der Waals surface area contributed by atoms with Gasteiger partial charge in [0.05, 0.1) is 19.4 Å². The molecule has 0 unspecified atom stereocenters. The van der Waals surface area contributed by atoms with Crippen LogP contribution in [-0.4, -0.2) is 195 Å². The molecule has 2 heterocycles. The van der Waals surface area contributed by atoms with Crippen LogP contribution in [0.15, 0.2) is 85.1 Å². The first-order valence-corrected chi connectivity index (χ1v) is 31.7. The number of carboxylic acid groups (broad SMARTS) is 2. The number of carboxylic acids is 2. The number of thioether (sulfide) groups is 1. The quantitative estimate of drug-likeness (QED) is 0.0189. The third-order valence-corrected chi connectivity index (χ3v) is 15.5. The van der Waals surface area contributed by atoms with Gasteiger partial charge in [-0.25, -0.2) is 4.18 Å². The minimum absolute atomic E-state index is 0.0257. The van der Waals surface area contributed by atoms with Crippen LogP contribution in [0.3, 0.4) is 0 Å². The minimum atomic E-state index is -5.46. The van der Waals surface area contributed by atoms with Gasteiger partial charge in [-0.2, -0.15) is 20.2 Å². The fourth-order valence-corrected chi connectivity index (χ4v) is 10.5. The molecule has 12 amide bonds. The molecule has 5 rings (SSSR count). The Hall–Kier alpha value is -10.2. The lowest BCUT2D eigenvalue weighted by atomic mass is 10.0. The molecule has 3 aromatic carbocycles. The maximum Gasteiger partial charge on any atom is 0.397 e. The van der Waals surface area contributed by atoms with Crippen LogP contribution in [0.25, 0.3) is 10.9 Å². The molecule has 0 saturated carbocycles. The van der Waals surface area contributed by atoms with Crippen LogP contribution in [0, 0.1) is 0 Å². The molecule has 19 N–H and O–H groups in total. The number of aromatic nitrogens is 1. The Labute approximate surface area is 540 Å². The molecule has 1 saturated heterocycles. The topological polar surface area (TPSA) is 551 Å². The van der Waals surface area contributed by atoms with Crippen molar-refractivity contribution in [3.63, 3.8) is 0 Å². The molecule has 36 heteroatoms. The van der Waals surface area contributed by atoms with Crippen molar-refractivity contribution < 1.29 is 99.6 Å². The molecular weight excluding hydrogens is 1280 g/mol. The highest BCUT2D eigenvalue weighted by Gasteiger charge is 2.38. The van der Waals surface area contributed by atoms with Crippen molar-refractivity contribution in [2.75, 3.05) is 18.6 Å². The monoisotopic (exact) mass is 1350 g/mol. The van der Waals surface area contributed by atoms with Crippen molar-refractivity contribution >= 4 is 116 Å². The van der Waals surface area contributed by atoms with E-state index in [0.29, 0.717) is 22.0 Å². The summed E-state index contributed by atoms with van der Waals surface area (Å²) < 4.78 is 38.5. The number of hydrogen-bond acceptors (Lipinski definition) is 19. The molecule has 1 aromatic heterocycles. The van der Waals surface area contributed by atoms with E-state index in [2.05, 4.69) is 62.3 Å². The highest BCUT2D eigenvalue weighted by atomic mass is 32.3. The second-order valence-corrected chi connectivity index (χ2v) is 23.6. The number of aromatic hydroxyl groups is 1. The summed E-state index contributed by atoms with van der Waals surface area (Å²) in [6.07, 6.45) is -3.11. The summed E-state index contributed by atoms with van der Waals surface area (Å²) in [4.78, 5) is 189. The maximum atomic E-state index is 14.5. The number of aromatic amines is 1. The largest absolute Gasteiger partial charge is 0.508 e. The molecule has 508 valence electrons. The van der Waals surface area contributed by atoms with Gasteiger partial charge in [0.15, 0.2) is 0 Å². The number of amides is 12. The zero-order valence-electron chi connectivity index (χ0n) is 50.5. The second-order valence-electron chi connectivity index (χ2n) is 21.6. The van der Waals surface area contributed by atoms with Gasteiger partial charge in [0.2, 0.25) is 70.9 Å². The number of H-pyrrole nitrogens is 1. The average Bonchev–Trinajstić information content (AvgIpc) is 1.61. The fraction of sp³-hybridized carbons (Fsp3) is 0.414. The fourth-order valence-electron chi connectivity index (χ4n) is 9.57. The van der Waals surface area contributed by atoms with Gasteiger partial charge < -0.3 is 84.9 Å². The van der Waals surface area contributed by atoms with E-state index in [9.17, 15) is 95.4 Å². The van der Waals surface area contributed by atoms with Gasteiger partial charge in [-0.1, -0.05) is 60.7 Å². The average molecular weight is 1350 g/mol. The van der Waals surface area contributed by atoms with Crippen LogP contribution in [0.1, 0.15) is 68.6 Å². The Morgan fingerprint density at radius 1 is 0.628 bits per heavy atom. The van der Waals surface area contributed by atoms with E-state index in [4.69, 9.17) is 11.5 Å². The number of nitrogens with two attached hydrogens (primary N) is 2. The molecule has 0 aliphatic carbocycles. The van der Waals surface area contributed by atoms with Gasteiger partial charge in [0.25, 0.3) is 0 Å². The molecular formula is C58H73N13O21S2. The number of rotatable bonds is 38. The van der Waals surface area contributed by atoms with E-state index in [1.807, 2.05) is 0 Å². The van der Waals surface area contributed by atoms with Crippen LogP contribution in [0.4, 0.5) is 0 Å². The van der Waals surface area contributed by atoms with Crippen LogP contribution in [0.2, 0.25) is 0 Å². The number of aliphatic carboxylic acids is 2. The zero-order chi connectivity index (χ0) is 69.4. The SMILES string of the molecule is CSCC[C@H](NC(=O)[C@H](Cc1c[nH]c2ccccc12)NC(=O)CNC(=O)[C@@H](NC(=O)[C@H](Cc1ccc(O)cc1)NC(=O)[C@H](CC(=O)O)NC(=O)[C@H](CCC(N)=O)NC(=O)[C@@H]1CCC(=O)N1)[C@@H](C)OS(=O)(=O)O)C(=O)N[C@@H](CC(=O)O)C(=O)N[C@@H](Cc1ccccc1)C(N)=O. The predicted octanol–water partition coefficient (Wildman–Crippen LogP) is -4.16. The minimum Gasteiger partial charge on any atom is -0.508 e. The van der Waals surface area contributed by atoms with Gasteiger partial charge in [0.1, 0.15) is 66.2 Å². The lowest BCUT2D eigenvalue weighted by Gasteiger charge is -2.28. The number of phenolic OH excluding ortho intramolecular Hbond substituents is 1. The van der Waals surface area contributed by atoms with Gasteiger partial charge in [0, 0.05) is 49.2 Å². The summed E-state index contributed by atoms with van der Waals surface area (Å²) in [6.45, 7) is -0.204. The van der Waals surface area contributed by atoms with Gasteiger partial charge in [-0.15, -0.1) is 0 Å². The number of phenols is 1. The van der Waals surface area contributed by atoms with Crippen molar-refractivity contribution in [1.82, 2.24) is 58.2 Å². The Balaban J connectivity index is 1.39.